The smallest absolute Gasteiger partial charge is 0.256 e. The Balaban J connectivity index is 2.42. The second-order valence-corrected chi connectivity index (χ2v) is 4.30. The Morgan fingerprint density at radius 3 is 2.67 bits per heavy atom. The van der Waals surface area contributed by atoms with Crippen LogP contribution in [0.15, 0.2) is 0 Å². The molecule has 6 nitrogen and oxygen atoms in total. The van der Waals surface area contributed by atoms with Crippen LogP contribution in [-0.4, -0.2) is 47.2 Å². The number of nitrogen functional groups attached to an aromatic ring is 1. The lowest BCUT2D eigenvalue weighted by Gasteiger charge is -2.19. The van der Waals surface area contributed by atoms with Crippen LogP contribution in [-0.2, 0) is 0 Å². The van der Waals surface area contributed by atoms with Gasteiger partial charge in [-0.2, -0.15) is 5.10 Å². The zero-order valence-electron chi connectivity index (χ0n) is 11.4. The number of aromatic nitrogens is 2. The highest BCUT2D eigenvalue weighted by molar-refractivity contribution is 5.99. The van der Waals surface area contributed by atoms with Crippen LogP contribution in [0.5, 0.6) is 0 Å². The average Bonchev–Trinajstić information content (AvgIpc) is 2.67. The molecule has 0 fully saturated rings. The number of nitrogens with two attached hydrogens (primary N) is 1. The molecule has 102 valence electrons. The second-order valence-electron chi connectivity index (χ2n) is 4.30. The van der Waals surface area contributed by atoms with Gasteiger partial charge in [0.2, 0.25) is 0 Å². The fourth-order valence-corrected chi connectivity index (χ4v) is 1.89. The van der Waals surface area contributed by atoms with Crippen molar-refractivity contribution >= 4 is 11.7 Å². The highest BCUT2D eigenvalue weighted by atomic mass is 16.1. The lowest BCUT2D eigenvalue weighted by Crippen LogP contribution is -2.35. The largest absolute Gasteiger partial charge is 0.382 e. The zero-order valence-corrected chi connectivity index (χ0v) is 11.4. The minimum absolute atomic E-state index is 0.161. The predicted molar refractivity (Wildman–Crippen MR) is 72.5 cm³/mol. The molecular formula is C12H23N5O. The third-order valence-electron chi connectivity index (χ3n) is 2.90. The molecule has 0 aromatic carbocycles. The third-order valence-corrected chi connectivity index (χ3v) is 2.90. The molecule has 1 heterocycles. The van der Waals surface area contributed by atoms with Crippen molar-refractivity contribution in [1.82, 2.24) is 20.4 Å². The van der Waals surface area contributed by atoms with Gasteiger partial charge in [-0.1, -0.05) is 13.8 Å². The van der Waals surface area contributed by atoms with Crippen molar-refractivity contribution in [1.29, 1.82) is 0 Å². The minimum Gasteiger partial charge on any atom is -0.382 e. The first kappa shape index (κ1) is 14.5. The third kappa shape index (κ3) is 3.73. The number of hydrogen-bond acceptors (Lipinski definition) is 4. The maximum atomic E-state index is 11.9. The molecule has 0 radical (unpaired) electrons. The van der Waals surface area contributed by atoms with Gasteiger partial charge in [0.25, 0.3) is 5.91 Å². The lowest BCUT2D eigenvalue weighted by atomic mass is 10.2. The summed E-state index contributed by atoms with van der Waals surface area (Å²) in [5, 5.41) is 9.38. The quantitative estimate of drug-likeness (QED) is 0.669. The van der Waals surface area contributed by atoms with Crippen LogP contribution >= 0.6 is 0 Å². The monoisotopic (exact) mass is 253 g/mol. The fourth-order valence-electron chi connectivity index (χ4n) is 1.89. The van der Waals surface area contributed by atoms with Gasteiger partial charge in [0, 0.05) is 18.8 Å². The first-order valence-electron chi connectivity index (χ1n) is 6.41. The number of anilines is 1. The van der Waals surface area contributed by atoms with Gasteiger partial charge >= 0.3 is 0 Å². The number of aromatic amines is 1. The molecule has 0 aliphatic rings. The van der Waals surface area contributed by atoms with Crippen molar-refractivity contribution in [2.75, 3.05) is 31.9 Å². The molecule has 0 saturated heterocycles. The van der Waals surface area contributed by atoms with Crippen LogP contribution in [0.1, 0.15) is 36.3 Å². The van der Waals surface area contributed by atoms with Crippen LogP contribution < -0.4 is 11.1 Å². The Hall–Kier alpha value is -1.56. The van der Waals surface area contributed by atoms with Gasteiger partial charge in [0.05, 0.1) is 0 Å². The first-order valence-corrected chi connectivity index (χ1v) is 6.41. The molecule has 18 heavy (non-hydrogen) atoms. The summed E-state index contributed by atoms with van der Waals surface area (Å²) in [6, 6.07) is 0. The van der Waals surface area contributed by atoms with E-state index in [0.717, 1.165) is 26.1 Å². The number of H-pyrrole nitrogens is 1. The SMILES string of the molecule is CCCN(CC)CCNC(=O)c1c(N)n[nH]c1C. The summed E-state index contributed by atoms with van der Waals surface area (Å²) < 4.78 is 0. The standard InChI is InChI=1S/C12H23N5O/c1-4-7-17(5-2)8-6-14-12(18)10-9(3)15-16-11(10)13/h4-8H2,1-3H3,(H,14,18)(H3,13,15,16). The molecule has 1 amide bonds. The van der Waals surface area contributed by atoms with Crippen LogP contribution in [0.25, 0.3) is 0 Å². The van der Waals surface area contributed by atoms with Gasteiger partial charge in [-0.05, 0) is 26.4 Å². The Morgan fingerprint density at radius 1 is 1.44 bits per heavy atom. The summed E-state index contributed by atoms with van der Waals surface area (Å²) in [5.74, 6) is 0.0946. The number of hydrogen-bond donors (Lipinski definition) is 3. The van der Waals surface area contributed by atoms with Gasteiger partial charge in [0.15, 0.2) is 5.82 Å². The van der Waals surface area contributed by atoms with E-state index in [0.29, 0.717) is 17.8 Å². The van der Waals surface area contributed by atoms with Crippen molar-refractivity contribution in [2.45, 2.75) is 27.2 Å². The lowest BCUT2D eigenvalue weighted by molar-refractivity contribution is 0.0949. The molecule has 0 aliphatic heterocycles. The Labute approximate surface area is 108 Å². The maximum Gasteiger partial charge on any atom is 0.256 e. The normalized spacial score (nSPS) is 10.9. The van der Waals surface area contributed by atoms with Gasteiger partial charge in [-0.3, -0.25) is 9.89 Å². The van der Waals surface area contributed by atoms with Crippen LogP contribution in [0.3, 0.4) is 0 Å². The van der Waals surface area contributed by atoms with E-state index in [1.807, 2.05) is 0 Å². The number of likely N-dealkylation sites (N-methyl/N-ethyl adjacent to an activating group) is 1. The average molecular weight is 253 g/mol. The van der Waals surface area contributed by atoms with E-state index in [1.54, 1.807) is 6.92 Å². The van der Waals surface area contributed by atoms with E-state index < -0.39 is 0 Å². The summed E-state index contributed by atoms with van der Waals surface area (Å²) in [5.41, 5.74) is 6.79. The number of aryl methyl sites for hydroxylation is 1. The maximum absolute atomic E-state index is 11.9. The van der Waals surface area contributed by atoms with E-state index in [2.05, 4.69) is 34.3 Å². The molecule has 6 heteroatoms. The highest BCUT2D eigenvalue weighted by Crippen LogP contribution is 2.11. The fraction of sp³-hybridized carbons (Fsp3) is 0.667. The van der Waals surface area contributed by atoms with E-state index in [-0.39, 0.29) is 11.7 Å². The molecule has 0 spiro atoms. The molecule has 0 aliphatic carbocycles. The summed E-state index contributed by atoms with van der Waals surface area (Å²) in [4.78, 5) is 14.2. The van der Waals surface area contributed by atoms with E-state index >= 15 is 0 Å². The molecule has 1 aromatic heterocycles. The summed E-state index contributed by atoms with van der Waals surface area (Å²) in [7, 11) is 0. The van der Waals surface area contributed by atoms with Gasteiger partial charge in [0.1, 0.15) is 5.56 Å². The number of rotatable bonds is 7. The Bertz CT molecular complexity index is 368. The summed E-state index contributed by atoms with van der Waals surface area (Å²) in [6.07, 6.45) is 1.12. The number of carbonyl (C=O) groups is 1. The minimum atomic E-state index is -0.161. The number of nitrogens with one attached hydrogen (secondary N) is 2. The highest BCUT2D eigenvalue weighted by Gasteiger charge is 2.15. The summed E-state index contributed by atoms with van der Waals surface area (Å²) in [6.45, 7) is 9.58. The van der Waals surface area contributed by atoms with Crippen molar-refractivity contribution in [3.05, 3.63) is 11.3 Å². The van der Waals surface area contributed by atoms with Crippen LogP contribution in [0.4, 0.5) is 5.82 Å². The molecule has 0 bridgehead atoms. The second kappa shape index (κ2) is 7.00. The summed E-state index contributed by atoms with van der Waals surface area (Å²) >= 11 is 0. The van der Waals surface area contributed by atoms with E-state index in [9.17, 15) is 4.79 Å². The molecule has 0 saturated carbocycles. The van der Waals surface area contributed by atoms with E-state index in [1.165, 1.54) is 0 Å². The molecule has 4 N–H and O–H groups in total. The number of nitrogens with zero attached hydrogens (tertiary/aromatic N) is 2. The molecule has 1 aromatic rings. The molecule has 1 rings (SSSR count). The number of carbonyl (C=O) groups excluding carboxylic acids is 1. The van der Waals surface area contributed by atoms with Gasteiger partial charge in [-0.25, -0.2) is 0 Å². The van der Waals surface area contributed by atoms with Crippen molar-refractivity contribution in [3.63, 3.8) is 0 Å². The molecule has 0 atom stereocenters. The zero-order chi connectivity index (χ0) is 13.5. The predicted octanol–water partition coefficient (Wildman–Crippen LogP) is 0.762. The Morgan fingerprint density at radius 2 is 2.17 bits per heavy atom. The number of amides is 1. The van der Waals surface area contributed by atoms with Gasteiger partial charge < -0.3 is 16.0 Å². The first-order chi connectivity index (χ1) is 8.60. The molecular weight excluding hydrogens is 230 g/mol. The van der Waals surface area contributed by atoms with Crippen LogP contribution in [0, 0.1) is 6.92 Å². The van der Waals surface area contributed by atoms with E-state index in [4.69, 9.17) is 5.73 Å². The Kier molecular flexibility index (Phi) is 5.64. The molecule has 0 unspecified atom stereocenters. The topological polar surface area (TPSA) is 87.0 Å². The van der Waals surface area contributed by atoms with Crippen LogP contribution in [0.2, 0.25) is 0 Å². The van der Waals surface area contributed by atoms with Gasteiger partial charge in [-0.15, -0.1) is 0 Å². The van der Waals surface area contributed by atoms with Crippen molar-refractivity contribution in [2.24, 2.45) is 0 Å². The van der Waals surface area contributed by atoms with Crippen molar-refractivity contribution < 1.29 is 4.79 Å². The van der Waals surface area contributed by atoms with Crippen molar-refractivity contribution in [3.8, 4) is 0 Å².